The zero-order valence-corrected chi connectivity index (χ0v) is 18.5. The molecule has 1 unspecified atom stereocenters. The molecule has 0 aliphatic carbocycles. The van der Waals surface area contributed by atoms with E-state index < -0.39 is 0 Å². The zero-order valence-electron chi connectivity index (χ0n) is 18.5. The molecule has 4 rings (SSSR count). The molecule has 1 aromatic carbocycles. The number of carbonyl (C=O) groups excluding carboxylic acids is 2. The van der Waals surface area contributed by atoms with Crippen molar-refractivity contribution in [1.82, 2.24) is 19.9 Å². The van der Waals surface area contributed by atoms with E-state index >= 15 is 0 Å². The van der Waals surface area contributed by atoms with Crippen molar-refractivity contribution in [3.05, 3.63) is 77.3 Å². The molecule has 1 fully saturated rings. The maximum absolute atomic E-state index is 13.3. The summed E-state index contributed by atoms with van der Waals surface area (Å²) in [5.74, 6) is 0.286. The fourth-order valence-corrected chi connectivity index (χ4v) is 3.91. The first-order chi connectivity index (χ1) is 16.0. The SMILES string of the molecule is CNc1cc(C(=O)N2CCCCC2c2ncc(C(=O)Nc3ccc(F)cc3)c(C)n2)ccn1. The molecule has 2 N–H and O–H groups in total. The minimum absolute atomic E-state index is 0.0991. The highest BCUT2D eigenvalue weighted by Gasteiger charge is 2.31. The normalized spacial score (nSPS) is 15.7. The molecule has 0 spiro atoms. The lowest BCUT2D eigenvalue weighted by atomic mass is 9.99. The minimum Gasteiger partial charge on any atom is -0.373 e. The third-order valence-electron chi connectivity index (χ3n) is 5.67. The Balaban J connectivity index is 1.55. The van der Waals surface area contributed by atoms with Gasteiger partial charge in [0.05, 0.1) is 17.3 Å². The van der Waals surface area contributed by atoms with Crippen LogP contribution >= 0.6 is 0 Å². The molecular formula is C24H25FN6O2. The predicted molar refractivity (Wildman–Crippen MR) is 123 cm³/mol. The van der Waals surface area contributed by atoms with E-state index in [0.717, 1.165) is 19.3 Å². The number of rotatable bonds is 5. The molecule has 33 heavy (non-hydrogen) atoms. The molecule has 1 aliphatic heterocycles. The Bertz CT molecular complexity index is 1170. The topological polar surface area (TPSA) is 100 Å². The van der Waals surface area contributed by atoms with Crippen molar-refractivity contribution in [2.75, 3.05) is 24.2 Å². The van der Waals surface area contributed by atoms with Crippen molar-refractivity contribution in [1.29, 1.82) is 0 Å². The van der Waals surface area contributed by atoms with Gasteiger partial charge in [-0.15, -0.1) is 0 Å². The second-order valence-electron chi connectivity index (χ2n) is 7.88. The van der Waals surface area contributed by atoms with Crippen LogP contribution in [0.5, 0.6) is 0 Å². The van der Waals surface area contributed by atoms with Gasteiger partial charge in [0, 0.05) is 37.2 Å². The van der Waals surface area contributed by atoms with Crippen LogP contribution in [0.1, 0.15) is 57.5 Å². The first-order valence-corrected chi connectivity index (χ1v) is 10.8. The van der Waals surface area contributed by atoms with Crippen LogP contribution in [-0.4, -0.2) is 45.3 Å². The largest absolute Gasteiger partial charge is 0.373 e. The number of amides is 2. The highest BCUT2D eigenvalue weighted by molar-refractivity contribution is 6.04. The van der Waals surface area contributed by atoms with Crippen LogP contribution in [0, 0.1) is 12.7 Å². The summed E-state index contributed by atoms with van der Waals surface area (Å²) >= 11 is 0. The van der Waals surface area contributed by atoms with Crippen molar-refractivity contribution in [2.45, 2.75) is 32.2 Å². The lowest BCUT2D eigenvalue weighted by Crippen LogP contribution is -2.39. The van der Waals surface area contributed by atoms with E-state index in [9.17, 15) is 14.0 Å². The third kappa shape index (κ3) is 4.97. The van der Waals surface area contributed by atoms with E-state index in [1.807, 2.05) is 0 Å². The molecule has 8 nitrogen and oxygen atoms in total. The highest BCUT2D eigenvalue weighted by Crippen LogP contribution is 2.31. The summed E-state index contributed by atoms with van der Waals surface area (Å²) in [7, 11) is 1.75. The fraction of sp³-hybridized carbons (Fsp3) is 0.292. The summed E-state index contributed by atoms with van der Waals surface area (Å²) in [5, 5.41) is 5.67. The molecule has 0 radical (unpaired) electrons. The molecule has 170 valence electrons. The van der Waals surface area contributed by atoms with Crippen molar-refractivity contribution in [2.24, 2.45) is 0 Å². The Kier molecular flexibility index (Phi) is 6.58. The molecule has 0 bridgehead atoms. The van der Waals surface area contributed by atoms with Crippen LogP contribution < -0.4 is 10.6 Å². The number of anilines is 2. The first kappa shape index (κ1) is 22.3. The van der Waals surface area contributed by atoms with E-state index in [1.54, 1.807) is 37.2 Å². The summed E-state index contributed by atoms with van der Waals surface area (Å²) in [6.45, 7) is 2.34. The molecule has 1 aliphatic rings. The minimum atomic E-state index is -0.377. The smallest absolute Gasteiger partial charge is 0.259 e. The first-order valence-electron chi connectivity index (χ1n) is 10.8. The average molecular weight is 449 g/mol. The number of piperidine rings is 1. The van der Waals surface area contributed by atoms with Crippen LogP contribution in [-0.2, 0) is 0 Å². The van der Waals surface area contributed by atoms with Crippen molar-refractivity contribution >= 4 is 23.3 Å². The van der Waals surface area contributed by atoms with Gasteiger partial charge >= 0.3 is 0 Å². The number of hydrogen-bond donors (Lipinski definition) is 2. The van der Waals surface area contributed by atoms with Crippen molar-refractivity contribution < 1.29 is 14.0 Å². The van der Waals surface area contributed by atoms with Gasteiger partial charge in [-0.05, 0) is 62.6 Å². The predicted octanol–water partition coefficient (Wildman–Crippen LogP) is 3.98. The van der Waals surface area contributed by atoms with Gasteiger partial charge in [0.2, 0.25) is 0 Å². The second-order valence-corrected chi connectivity index (χ2v) is 7.88. The van der Waals surface area contributed by atoms with E-state index in [0.29, 0.717) is 40.7 Å². The molecule has 2 amide bonds. The third-order valence-corrected chi connectivity index (χ3v) is 5.67. The van der Waals surface area contributed by atoms with Gasteiger partial charge in [-0.1, -0.05) is 0 Å². The van der Waals surface area contributed by atoms with Crippen LogP contribution in [0.15, 0.2) is 48.8 Å². The van der Waals surface area contributed by atoms with E-state index in [1.165, 1.54) is 30.5 Å². The molecule has 3 heterocycles. The number of benzene rings is 1. The number of hydrogen-bond acceptors (Lipinski definition) is 6. The van der Waals surface area contributed by atoms with Gasteiger partial charge in [0.1, 0.15) is 11.6 Å². The standard InChI is InChI=1S/C24H25FN6O2/c1-15-19(23(32)30-18-8-6-17(25)7-9-18)14-28-22(29-15)20-5-3-4-12-31(20)24(33)16-10-11-27-21(13-16)26-2/h6-11,13-14,20H,3-5,12H2,1-2H3,(H,26,27)(H,30,32). The van der Waals surface area contributed by atoms with Gasteiger partial charge in [-0.2, -0.15) is 0 Å². The van der Waals surface area contributed by atoms with E-state index in [4.69, 9.17) is 0 Å². The average Bonchev–Trinajstić information content (AvgIpc) is 2.85. The highest BCUT2D eigenvalue weighted by atomic mass is 19.1. The van der Waals surface area contributed by atoms with Gasteiger partial charge in [0.15, 0.2) is 5.82 Å². The fourth-order valence-electron chi connectivity index (χ4n) is 3.91. The summed E-state index contributed by atoms with van der Waals surface area (Å²) in [6, 6.07) is 8.68. The Labute approximate surface area is 191 Å². The number of aryl methyl sites for hydroxylation is 1. The van der Waals surface area contributed by atoms with E-state index in [-0.39, 0.29) is 23.7 Å². The van der Waals surface area contributed by atoms with Gasteiger partial charge in [-0.25, -0.2) is 19.3 Å². The number of aromatic nitrogens is 3. The number of nitrogens with zero attached hydrogens (tertiary/aromatic N) is 4. The van der Waals surface area contributed by atoms with Crippen LogP contribution in [0.3, 0.4) is 0 Å². The molecular weight excluding hydrogens is 423 g/mol. The molecule has 1 atom stereocenters. The lowest BCUT2D eigenvalue weighted by Gasteiger charge is -2.35. The Morgan fingerprint density at radius 2 is 1.91 bits per heavy atom. The van der Waals surface area contributed by atoms with Gasteiger partial charge in [-0.3, -0.25) is 9.59 Å². The van der Waals surface area contributed by atoms with Crippen LogP contribution in [0.4, 0.5) is 15.9 Å². The molecule has 0 saturated carbocycles. The molecule has 9 heteroatoms. The van der Waals surface area contributed by atoms with Crippen molar-refractivity contribution in [3.63, 3.8) is 0 Å². The second kappa shape index (κ2) is 9.72. The Morgan fingerprint density at radius 1 is 1.12 bits per heavy atom. The number of nitrogens with one attached hydrogen (secondary N) is 2. The molecule has 3 aromatic rings. The van der Waals surface area contributed by atoms with Gasteiger partial charge < -0.3 is 15.5 Å². The Hall–Kier alpha value is -3.88. The maximum Gasteiger partial charge on any atom is 0.259 e. The zero-order chi connectivity index (χ0) is 23.4. The van der Waals surface area contributed by atoms with Crippen LogP contribution in [0.25, 0.3) is 0 Å². The summed E-state index contributed by atoms with van der Waals surface area (Å²) in [6.07, 6.45) is 5.70. The number of halogens is 1. The lowest BCUT2D eigenvalue weighted by molar-refractivity contribution is 0.0599. The van der Waals surface area contributed by atoms with Crippen LogP contribution in [0.2, 0.25) is 0 Å². The monoisotopic (exact) mass is 448 g/mol. The Morgan fingerprint density at radius 3 is 2.64 bits per heavy atom. The number of carbonyl (C=O) groups is 2. The van der Waals surface area contributed by atoms with Gasteiger partial charge in [0.25, 0.3) is 11.8 Å². The summed E-state index contributed by atoms with van der Waals surface area (Å²) in [5.41, 5.74) is 1.86. The quantitative estimate of drug-likeness (QED) is 0.612. The molecule has 1 saturated heterocycles. The summed E-state index contributed by atoms with van der Waals surface area (Å²) in [4.78, 5) is 40.9. The molecule has 2 aromatic heterocycles. The maximum atomic E-state index is 13.3. The van der Waals surface area contributed by atoms with E-state index in [2.05, 4.69) is 25.6 Å². The number of likely N-dealkylation sites (tertiary alicyclic amines) is 1. The summed E-state index contributed by atoms with van der Waals surface area (Å²) < 4.78 is 13.1. The number of pyridine rings is 1. The van der Waals surface area contributed by atoms with Crippen molar-refractivity contribution in [3.8, 4) is 0 Å².